The van der Waals surface area contributed by atoms with Crippen molar-refractivity contribution in [1.82, 2.24) is 0 Å². The Morgan fingerprint density at radius 3 is 2.50 bits per heavy atom. The van der Waals surface area contributed by atoms with Crippen molar-refractivity contribution in [3.05, 3.63) is 77.4 Å². The van der Waals surface area contributed by atoms with E-state index in [-0.39, 0.29) is 5.91 Å². The van der Waals surface area contributed by atoms with E-state index in [1.54, 1.807) is 25.3 Å². The van der Waals surface area contributed by atoms with Gasteiger partial charge in [0.15, 0.2) is 0 Å². The summed E-state index contributed by atoms with van der Waals surface area (Å²) in [6.45, 7) is 0. The van der Waals surface area contributed by atoms with Gasteiger partial charge in [0, 0.05) is 11.8 Å². The van der Waals surface area contributed by atoms with Crippen molar-refractivity contribution in [3.63, 3.8) is 0 Å². The molecule has 0 saturated carbocycles. The molecule has 0 aromatic heterocycles. The molecule has 0 atom stereocenters. The van der Waals surface area contributed by atoms with E-state index >= 15 is 0 Å². The van der Waals surface area contributed by atoms with Gasteiger partial charge in [0.2, 0.25) is 0 Å². The molecule has 0 bridgehead atoms. The van der Waals surface area contributed by atoms with E-state index in [0.29, 0.717) is 17.1 Å². The molecule has 1 N–H and O–H groups in total. The zero-order valence-electron chi connectivity index (χ0n) is 14.7. The van der Waals surface area contributed by atoms with Gasteiger partial charge in [-0.15, -0.1) is 0 Å². The highest BCUT2D eigenvalue weighted by molar-refractivity contribution is 6.06. The molecule has 3 aromatic rings. The van der Waals surface area contributed by atoms with E-state index < -0.39 is 0 Å². The molecule has 130 valence electrons. The lowest BCUT2D eigenvalue weighted by Crippen LogP contribution is -2.13. The van der Waals surface area contributed by atoms with Crippen LogP contribution in [-0.2, 0) is 6.42 Å². The fourth-order valence-corrected chi connectivity index (χ4v) is 3.39. The number of anilines is 1. The minimum atomic E-state index is -0.212. The van der Waals surface area contributed by atoms with Gasteiger partial charge in [-0.05, 0) is 52.9 Å². The fourth-order valence-electron chi connectivity index (χ4n) is 3.39. The third-order valence-corrected chi connectivity index (χ3v) is 4.71. The Bertz CT molecular complexity index is 994. The van der Waals surface area contributed by atoms with Gasteiger partial charge >= 0.3 is 0 Å². The number of carbonyl (C=O) groups excluding carboxylic acids is 1. The van der Waals surface area contributed by atoms with Gasteiger partial charge in [0.25, 0.3) is 5.91 Å². The predicted octanol–water partition coefficient (Wildman–Crippen LogP) is 4.53. The number of nitrogens with one attached hydrogen (secondary N) is 1. The van der Waals surface area contributed by atoms with Crippen LogP contribution in [0.3, 0.4) is 0 Å². The lowest BCUT2D eigenvalue weighted by molar-refractivity contribution is 0.102. The van der Waals surface area contributed by atoms with E-state index in [4.69, 9.17) is 9.47 Å². The highest BCUT2D eigenvalue weighted by Crippen LogP contribution is 2.38. The molecule has 4 heteroatoms. The van der Waals surface area contributed by atoms with Crippen LogP contribution in [0.1, 0.15) is 21.5 Å². The monoisotopic (exact) mass is 345 g/mol. The molecule has 0 unspecified atom stereocenters. The number of rotatable bonds is 4. The van der Waals surface area contributed by atoms with Gasteiger partial charge in [-0.1, -0.05) is 30.3 Å². The molecular weight excluding hydrogens is 326 g/mol. The summed E-state index contributed by atoms with van der Waals surface area (Å²) in [4.78, 5) is 12.7. The Morgan fingerprint density at radius 2 is 1.69 bits per heavy atom. The average molecular weight is 345 g/mol. The maximum Gasteiger partial charge on any atom is 0.259 e. The molecule has 3 aromatic carbocycles. The SMILES string of the molecule is COc1ccc(C(=O)Nc2ccc3c(c2)-c2ccccc2C3)c(OC)c1. The van der Waals surface area contributed by atoms with Gasteiger partial charge in [-0.2, -0.15) is 0 Å². The number of hydrogen-bond donors (Lipinski definition) is 1. The summed E-state index contributed by atoms with van der Waals surface area (Å²) >= 11 is 0. The average Bonchev–Trinajstić information content (AvgIpc) is 3.05. The summed E-state index contributed by atoms with van der Waals surface area (Å²) < 4.78 is 10.5. The summed E-state index contributed by atoms with van der Waals surface area (Å²) in [6.07, 6.45) is 0.937. The minimum absolute atomic E-state index is 0.212. The fraction of sp³-hybridized carbons (Fsp3) is 0.136. The van der Waals surface area contributed by atoms with Gasteiger partial charge in [0.05, 0.1) is 19.8 Å². The number of benzene rings is 3. The van der Waals surface area contributed by atoms with Crippen molar-refractivity contribution in [3.8, 4) is 22.6 Å². The smallest absolute Gasteiger partial charge is 0.259 e. The summed E-state index contributed by atoms with van der Waals surface area (Å²) in [5.41, 5.74) is 6.26. The second-order valence-corrected chi connectivity index (χ2v) is 6.23. The van der Waals surface area contributed by atoms with Crippen LogP contribution in [-0.4, -0.2) is 20.1 Å². The normalized spacial score (nSPS) is 11.5. The molecular formula is C22H19NO3. The predicted molar refractivity (Wildman–Crippen MR) is 102 cm³/mol. The molecule has 4 nitrogen and oxygen atoms in total. The Morgan fingerprint density at radius 1 is 0.885 bits per heavy atom. The largest absolute Gasteiger partial charge is 0.497 e. The first-order valence-electron chi connectivity index (χ1n) is 8.44. The maximum atomic E-state index is 12.7. The number of ether oxygens (including phenoxy) is 2. The van der Waals surface area contributed by atoms with Crippen LogP contribution in [0.25, 0.3) is 11.1 Å². The van der Waals surface area contributed by atoms with Crippen LogP contribution in [0.4, 0.5) is 5.69 Å². The minimum Gasteiger partial charge on any atom is -0.497 e. The molecule has 0 aliphatic heterocycles. The third kappa shape index (κ3) is 2.80. The van der Waals surface area contributed by atoms with Gasteiger partial charge in [-0.3, -0.25) is 4.79 Å². The molecule has 1 aliphatic carbocycles. The first-order valence-corrected chi connectivity index (χ1v) is 8.44. The Balaban J connectivity index is 1.62. The first kappa shape index (κ1) is 16.2. The Kier molecular flexibility index (Phi) is 4.09. The van der Waals surface area contributed by atoms with E-state index in [1.165, 1.54) is 29.4 Å². The van der Waals surface area contributed by atoms with E-state index in [9.17, 15) is 4.79 Å². The highest BCUT2D eigenvalue weighted by Gasteiger charge is 2.19. The number of carbonyl (C=O) groups is 1. The van der Waals surface area contributed by atoms with E-state index in [1.807, 2.05) is 18.2 Å². The second-order valence-electron chi connectivity index (χ2n) is 6.23. The molecule has 0 radical (unpaired) electrons. The molecule has 4 rings (SSSR count). The van der Waals surface area contributed by atoms with E-state index in [2.05, 4.69) is 29.6 Å². The van der Waals surface area contributed by atoms with Gasteiger partial charge < -0.3 is 14.8 Å². The quantitative estimate of drug-likeness (QED) is 0.591. The van der Waals surface area contributed by atoms with E-state index in [0.717, 1.165) is 12.1 Å². The maximum absolute atomic E-state index is 12.7. The first-order chi connectivity index (χ1) is 12.7. The van der Waals surface area contributed by atoms with Crippen LogP contribution in [0, 0.1) is 0 Å². The number of methoxy groups -OCH3 is 2. The van der Waals surface area contributed by atoms with Crippen LogP contribution in [0.5, 0.6) is 11.5 Å². The van der Waals surface area contributed by atoms with Crippen molar-refractivity contribution in [1.29, 1.82) is 0 Å². The van der Waals surface area contributed by atoms with Crippen LogP contribution in [0.15, 0.2) is 60.7 Å². The van der Waals surface area contributed by atoms with Crippen molar-refractivity contribution >= 4 is 11.6 Å². The molecule has 0 fully saturated rings. The molecule has 1 aliphatic rings. The Hall–Kier alpha value is -3.27. The lowest BCUT2D eigenvalue weighted by atomic mass is 10.1. The second kappa shape index (κ2) is 6.56. The van der Waals surface area contributed by atoms with Crippen molar-refractivity contribution < 1.29 is 14.3 Å². The Labute approximate surface area is 152 Å². The molecule has 26 heavy (non-hydrogen) atoms. The molecule has 0 heterocycles. The summed E-state index contributed by atoms with van der Waals surface area (Å²) in [5, 5.41) is 2.97. The lowest BCUT2D eigenvalue weighted by Gasteiger charge is -2.12. The van der Waals surface area contributed by atoms with Crippen molar-refractivity contribution in [2.45, 2.75) is 6.42 Å². The zero-order valence-corrected chi connectivity index (χ0v) is 14.7. The van der Waals surface area contributed by atoms with Crippen LogP contribution in [0.2, 0.25) is 0 Å². The molecule has 1 amide bonds. The molecule has 0 saturated heterocycles. The number of hydrogen-bond acceptors (Lipinski definition) is 3. The van der Waals surface area contributed by atoms with Crippen molar-refractivity contribution in [2.24, 2.45) is 0 Å². The van der Waals surface area contributed by atoms with Crippen LogP contribution >= 0.6 is 0 Å². The number of amides is 1. The highest BCUT2D eigenvalue weighted by atomic mass is 16.5. The third-order valence-electron chi connectivity index (χ3n) is 4.71. The standard InChI is InChI=1S/C22H19NO3/c1-25-17-9-10-19(21(13-17)26-2)22(24)23-16-8-7-15-11-14-5-3-4-6-18(14)20(15)12-16/h3-10,12-13H,11H2,1-2H3,(H,23,24). The summed E-state index contributed by atoms with van der Waals surface area (Å²) in [7, 11) is 3.12. The van der Waals surface area contributed by atoms with Crippen molar-refractivity contribution in [2.75, 3.05) is 19.5 Å². The zero-order chi connectivity index (χ0) is 18.1. The number of fused-ring (bicyclic) bond motifs is 3. The molecule has 0 spiro atoms. The van der Waals surface area contributed by atoms with Gasteiger partial charge in [-0.25, -0.2) is 0 Å². The van der Waals surface area contributed by atoms with Gasteiger partial charge in [0.1, 0.15) is 11.5 Å². The summed E-state index contributed by atoms with van der Waals surface area (Å²) in [6, 6.07) is 19.6. The summed E-state index contributed by atoms with van der Waals surface area (Å²) in [5.74, 6) is 0.914. The topological polar surface area (TPSA) is 47.6 Å². The van der Waals surface area contributed by atoms with Crippen LogP contribution < -0.4 is 14.8 Å².